The highest BCUT2D eigenvalue weighted by Gasteiger charge is 2.33. The Labute approximate surface area is 207 Å². The van der Waals surface area contributed by atoms with Crippen molar-refractivity contribution < 1.29 is 9.53 Å². The maximum Gasteiger partial charge on any atom is 0.267 e. The van der Waals surface area contributed by atoms with E-state index in [9.17, 15) is 9.59 Å². The third-order valence-electron chi connectivity index (χ3n) is 6.09. The van der Waals surface area contributed by atoms with Crippen LogP contribution in [0.2, 0.25) is 0 Å². The number of hydrogen-bond acceptors (Lipinski definition) is 7. The van der Waals surface area contributed by atoms with Crippen molar-refractivity contribution >= 4 is 51.7 Å². The number of carbonyl (C=O) groups is 1. The van der Waals surface area contributed by atoms with E-state index >= 15 is 0 Å². The van der Waals surface area contributed by atoms with Gasteiger partial charge in [-0.1, -0.05) is 42.2 Å². The van der Waals surface area contributed by atoms with E-state index in [0.717, 1.165) is 37.2 Å². The zero-order chi connectivity index (χ0) is 23.7. The van der Waals surface area contributed by atoms with Crippen molar-refractivity contribution in [1.29, 1.82) is 0 Å². The Hall–Kier alpha value is -3.17. The Morgan fingerprint density at radius 2 is 1.88 bits per heavy atom. The van der Waals surface area contributed by atoms with Crippen molar-refractivity contribution in [3.05, 3.63) is 75.0 Å². The lowest BCUT2D eigenvalue weighted by atomic mass is 10.1. The summed E-state index contributed by atoms with van der Waals surface area (Å²) in [6.07, 6.45) is 6.17. The van der Waals surface area contributed by atoms with Gasteiger partial charge in [0.25, 0.3) is 11.5 Å². The molecule has 0 spiro atoms. The average molecular weight is 493 g/mol. The number of nitrogens with zero attached hydrogens (tertiary/aromatic N) is 4. The minimum Gasteiger partial charge on any atom is -0.497 e. The Bertz CT molecular complexity index is 1340. The van der Waals surface area contributed by atoms with Crippen LogP contribution < -0.4 is 15.2 Å². The Kier molecular flexibility index (Phi) is 6.38. The molecule has 0 radical (unpaired) electrons. The predicted molar refractivity (Wildman–Crippen MR) is 139 cm³/mol. The number of thioether (sulfide) groups is 1. The highest BCUT2D eigenvalue weighted by atomic mass is 32.2. The maximum absolute atomic E-state index is 13.4. The summed E-state index contributed by atoms with van der Waals surface area (Å²) in [6.45, 7) is 2.17. The molecule has 2 aliphatic heterocycles. The van der Waals surface area contributed by atoms with Crippen LogP contribution in [0.1, 0.15) is 24.0 Å². The van der Waals surface area contributed by atoms with Gasteiger partial charge in [0.2, 0.25) is 0 Å². The summed E-state index contributed by atoms with van der Waals surface area (Å²) in [7, 11) is 1.63. The number of methoxy groups -OCH3 is 1. The van der Waals surface area contributed by atoms with E-state index in [1.807, 2.05) is 36.4 Å². The van der Waals surface area contributed by atoms with Crippen LogP contribution in [-0.4, -0.2) is 51.3 Å². The predicted octanol–water partition coefficient (Wildman–Crippen LogP) is 3.75. The molecule has 34 heavy (non-hydrogen) atoms. The summed E-state index contributed by atoms with van der Waals surface area (Å²) < 4.78 is 7.23. The van der Waals surface area contributed by atoms with Gasteiger partial charge in [0.15, 0.2) is 0 Å². The minimum atomic E-state index is -0.184. The Morgan fingerprint density at radius 1 is 1.12 bits per heavy atom. The number of rotatable bonds is 6. The van der Waals surface area contributed by atoms with Crippen molar-refractivity contribution in [2.24, 2.45) is 0 Å². The number of benzene rings is 1. The summed E-state index contributed by atoms with van der Waals surface area (Å²) in [5, 5.41) is 0. The molecule has 5 rings (SSSR count). The number of anilines is 1. The van der Waals surface area contributed by atoms with Crippen LogP contribution in [0.15, 0.2) is 58.4 Å². The molecular formula is C25H24N4O3S2. The van der Waals surface area contributed by atoms with E-state index < -0.39 is 0 Å². The molecule has 1 aromatic carbocycles. The molecule has 9 heteroatoms. The van der Waals surface area contributed by atoms with Crippen LogP contribution in [0.3, 0.4) is 0 Å². The monoisotopic (exact) mass is 492 g/mol. The molecule has 0 N–H and O–H groups in total. The first-order valence-corrected chi connectivity index (χ1v) is 12.4. The van der Waals surface area contributed by atoms with E-state index in [2.05, 4.69) is 4.90 Å². The van der Waals surface area contributed by atoms with Gasteiger partial charge in [-0.15, -0.1) is 0 Å². The first kappa shape index (κ1) is 22.6. The normalized spacial score (nSPS) is 17.4. The second-order valence-corrected chi connectivity index (χ2v) is 9.88. The Morgan fingerprint density at radius 3 is 2.62 bits per heavy atom. The van der Waals surface area contributed by atoms with E-state index in [-0.39, 0.29) is 11.5 Å². The topological polar surface area (TPSA) is 67.2 Å². The number of fused-ring (bicyclic) bond motifs is 1. The standard InChI is InChI=1S/C25H24N4O3S2/c1-32-18-9-7-17(8-10-18)11-15-29-24(31)20(34-25(29)33)16-19-22(27-12-4-5-13-27)26-21-6-2-3-14-28(21)23(19)30/h2-3,6-10,14,16H,4-5,11-13,15H2,1H3/b20-16+. The average Bonchev–Trinajstić information content (AvgIpc) is 3.48. The van der Waals surface area contributed by atoms with Gasteiger partial charge in [0.05, 0.1) is 17.6 Å². The van der Waals surface area contributed by atoms with E-state index in [1.165, 1.54) is 16.2 Å². The van der Waals surface area contributed by atoms with Crippen LogP contribution in [0.25, 0.3) is 11.7 Å². The molecule has 2 fully saturated rings. The molecule has 0 aliphatic carbocycles. The third kappa shape index (κ3) is 4.33. The molecule has 2 saturated heterocycles. The molecule has 1 amide bonds. The SMILES string of the molecule is COc1ccc(CCN2C(=O)/C(=C\c3c(N4CCCC4)nc4ccccn4c3=O)SC2=S)cc1. The summed E-state index contributed by atoms with van der Waals surface area (Å²) in [6, 6.07) is 13.3. The molecule has 7 nitrogen and oxygen atoms in total. The van der Waals surface area contributed by atoms with Gasteiger partial charge in [-0.3, -0.25) is 18.9 Å². The zero-order valence-electron chi connectivity index (χ0n) is 18.8. The number of thiocarbonyl (C=S) groups is 1. The van der Waals surface area contributed by atoms with Gasteiger partial charge < -0.3 is 9.64 Å². The first-order chi connectivity index (χ1) is 16.5. The lowest BCUT2D eigenvalue weighted by Crippen LogP contribution is -2.30. The molecule has 2 aliphatic rings. The van der Waals surface area contributed by atoms with Crippen LogP contribution in [0.4, 0.5) is 5.82 Å². The van der Waals surface area contributed by atoms with Crippen molar-refractivity contribution in [1.82, 2.24) is 14.3 Å². The summed E-state index contributed by atoms with van der Waals surface area (Å²) in [5.74, 6) is 1.26. The molecule has 0 unspecified atom stereocenters. The fourth-order valence-corrected chi connectivity index (χ4v) is 5.53. The van der Waals surface area contributed by atoms with Crippen LogP contribution in [-0.2, 0) is 11.2 Å². The summed E-state index contributed by atoms with van der Waals surface area (Å²) >= 11 is 6.75. The number of hydrogen-bond donors (Lipinski definition) is 0. The minimum absolute atomic E-state index is 0.173. The van der Waals surface area contributed by atoms with Crippen molar-refractivity contribution in [2.45, 2.75) is 19.3 Å². The number of amides is 1. The molecule has 174 valence electrons. The second-order valence-electron chi connectivity index (χ2n) is 8.21. The van der Waals surface area contributed by atoms with Crippen molar-refractivity contribution in [3.63, 3.8) is 0 Å². The molecule has 4 heterocycles. The summed E-state index contributed by atoms with van der Waals surface area (Å²) in [5.41, 5.74) is 1.93. The molecule has 3 aromatic rings. The molecular weight excluding hydrogens is 468 g/mol. The van der Waals surface area contributed by atoms with E-state index in [4.69, 9.17) is 21.9 Å². The van der Waals surface area contributed by atoms with Crippen molar-refractivity contribution in [2.75, 3.05) is 31.6 Å². The van der Waals surface area contributed by atoms with Crippen LogP contribution in [0, 0.1) is 0 Å². The first-order valence-electron chi connectivity index (χ1n) is 11.2. The van der Waals surface area contributed by atoms with Gasteiger partial charge in [-0.25, -0.2) is 4.98 Å². The lowest BCUT2D eigenvalue weighted by Gasteiger charge is -2.19. The van der Waals surface area contributed by atoms with E-state index in [0.29, 0.717) is 39.2 Å². The van der Waals surface area contributed by atoms with Gasteiger partial charge in [0.1, 0.15) is 21.5 Å². The maximum atomic E-state index is 13.4. The number of aromatic nitrogens is 2. The highest BCUT2D eigenvalue weighted by Crippen LogP contribution is 2.34. The third-order valence-corrected chi connectivity index (χ3v) is 7.46. The van der Waals surface area contributed by atoms with Gasteiger partial charge in [0, 0.05) is 25.8 Å². The smallest absolute Gasteiger partial charge is 0.267 e. The fraction of sp³-hybridized carbons (Fsp3) is 0.280. The number of ether oxygens (including phenoxy) is 1. The highest BCUT2D eigenvalue weighted by molar-refractivity contribution is 8.26. The second kappa shape index (κ2) is 9.60. The molecule has 2 aromatic heterocycles. The van der Waals surface area contributed by atoms with Gasteiger partial charge in [-0.2, -0.15) is 0 Å². The summed E-state index contributed by atoms with van der Waals surface area (Å²) in [4.78, 5) is 35.6. The van der Waals surface area contributed by atoms with Crippen LogP contribution >= 0.6 is 24.0 Å². The number of pyridine rings is 1. The largest absolute Gasteiger partial charge is 0.497 e. The van der Waals surface area contributed by atoms with Crippen molar-refractivity contribution in [3.8, 4) is 5.75 Å². The number of carbonyl (C=O) groups excluding carboxylic acids is 1. The quantitative estimate of drug-likeness (QED) is 0.384. The van der Waals surface area contributed by atoms with Gasteiger partial charge in [-0.05, 0) is 55.2 Å². The fourth-order valence-electron chi connectivity index (χ4n) is 4.24. The Balaban J connectivity index is 1.45. The van der Waals surface area contributed by atoms with E-state index in [1.54, 1.807) is 30.3 Å². The molecule has 0 atom stereocenters. The van der Waals surface area contributed by atoms with Crippen LogP contribution in [0.5, 0.6) is 5.75 Å². The molecule has 0 saturated carbocycles. The lowest BCUT2D eigenvalue weighted by molar-refractivity contribution is -0.122. The zero-order valence-corrected chi connectivity index (χ0v) is 20.4. The molecule has 0 bridgehead atoms. The van der Waals surface area contributed by atoms with Gasteiger partial charge >= 0.3 is 0 Å².